The van der Waals surface area contributed by atoms with Crippen molar-refractivity contribution in [2.45, 2.75) is 26.2 Å². The monoisotopic (exact) mass is 740 g/mol. The summed E-state index contributed by atoms with van der Waals surface area (Å²) >= 11 is 0. The molecule has 0 radical (unpaired) electrons. The van der Waals surface area contributed by atoms with Crippen LogP contribution in [0.25, 0.3) is 0 Å². The molecule has 54 heavy (non-hydrogen) atoms. The molecule has 0 spiro atoms. The summed E-state index contributed by atoms with van der Waals surface area (Å²) in [5.74, 6) is 2.93. The molecular formula is C42H52N4O8. The summed E-state index contributed by atoms with van der Waals surface area (Å²) in [7, 11) is 6.50. The van der Waals surface area contributed by atoms with Crippen molar-refractivity contribution < 1.29 is 38.0 Å². The van der Waals surface area contributed by atoms with Gasteiger partial charge in [0.2, 0.25) is 0 Å². The molecule has 0 unspecified atom stereocenters. The molecule has 0 saturated carbocycles. The van der Waals surface area contributed by atoms with Crippen molar-refractivity contribution in [2.24, 2.45) is 0 Å². The minimum absolute atomic E-state index is 0.277. The van der Waals surface area contributed by atoms with Gasteiger partial charge in [0.1, 0.15) is 36.2 Å². The Labute approximate surface area is 318 Å². The highest BCUT2D eigenvalue weighted by Crippen LogP contribution is 2.21. The second-order valence-corrected chi connectivity index (χ2v) is 13.0. The van der Waals surface area contributed by atoms with Crippen molar-refractivity contribution in [3.63, 3.8) is 0 Å². The summed E-state index contributed by atoms with van der Waals surface area (Å²) in [6, 6.07) is 30.7. The minimum Gasteiger partial charge on any atom is -0.497 e. The molecule has 4 aromatic rings. The topological polar surface area (TPSA) is 102 Å². The predicted octanol–water partition coefficient (Wildman–Crippen LogP) is 6.32. The van der Waals surface area contributed by atoms with E-state index < -0.39 is 0 Å². The zero-order chi connectivity index (χ0) is 38.1. The van der Waals surface area contributed by atoms with Crippen molar-refractivity contribution in [1.29, 1.82) is 0 Å². The maximum Gasteiger partial charge on any atom is 0.410 e. The summed E-state index contributed by atoms with van der Waals surface area (Å²) in [6.07, 6.45) is -0.763. The molecule has 0 bridgehead atoms. The first-order chi connectivity index (χ1) is 26.3. The van der Waals surface area contributed by atoms with E-state index in [4.69, 9.17) is 28.4 Å². The van der Waals surface area contributed by atoms with E-state index in [0.29, 0.717) is 39.3 Å². The summed E-state index contributed by atoms with van der Waals surface area (Å²) < 4.78 is 33.2. The Morgan fingerprint density at radius 1 is 0.481 bits per heavy atom. The highest BCUT2D eigenvalue weighted by Gasteiger charge is 2.22. The number of amides is 2. The second kappa shape index (κ2) is 20.7. The van der Waals surface area contributed by atoms with Crippen LogP contribution in [-0.4, -0.2) is 113 Å². The van der Waals surface area contributed by atoms with Gasteiger partial charge < -0.3 is 28.4 Å². The smallest absolute Gasteiger partial charge is 0.410 e. The molecule has 5 rings (SSSR count). The Kier molecular flexibility index (Phi) is 15.2. The molecule has 0 aromatic heterocycles. The van der Waals surface area contributed by atoms with Crippen LogP contribution in [0.5, 0.6) is 23.0 Å². The summed E-state index contributed by atoms with van der Waals surface area (Å²) in [4.78, 5) is 34.7. The maximum atomic E-state index is 13.4. The van der Waals surface area contributed by atoms with Crippen LogP contribution in [0.3, 0.4) is 0 Å². The van der Waals surface area contributed by atoms with Crippen LogP contribution in [-0.2, 0) is 35.7 Å². The summed E-state index contributed by atoms with van der Waals surface area (Å²) in [6.45, 7) is 6.58. The Morgan fingerprint density at radius 2 is 0.759 bits per heavy atom. The van der Waals surface area contributed by atoms with Gasteiger partial charge in [-0.15, -0.1) is 0 Å². The quantitative estimate of drug-likeness (QED) is 0.115. The van der Waals surface area contributed by atoms with E-state index in [-0.39, 0.29) is 25.4 Å². The fraction of sp³-hybridized carbons (Fsp3) is 0.381. The van der Waals surface area contributed by atoms with E-state index in [1.54, 1.807) is 38.2 Å². The molecule has 12 heteroatoms. The van der Waals surface area contributed by atoms with E-state index in [0.717, 1.165) is 71.4 Å². The second-order valence-electron chi connectivity index (χ2n) is 13.0. The van der Waals surface area contributed by atoms with Gasteiger partial charge in [0.05, 0.1) is 28.4 Å². The highest BCUT2D eigenvalue weighted by atomic mass is 16.6. The van der Waals surface area contributed by atoms with Crippen LogP contribution in [0, 0.1) is 0 Å². The molecule has 12 nitrogen and oxygen atoms in total. The van der Waals surface area contributed by atoms with Crippen molar-refractivity contribution in [1.82, 2.24) is 19.6 Å². The Morgan fingerprint density at radius 3 is 1.02 bits per heavy atom. The lowest BCUT2D eigenvalue weighted by Crippen LogP contribution is -2.48. The van der Waals surface area contributed by atoms with Crippen LogP contribution < -0.4 is 18.9 Å². The highest BCUT2D eigenvalue weighted by molar-refractivity contribution is 5.68. The third-order valence-electron chi connectivity index (χ3n) is 9.28. The Hall–Kier alpha value is -5.46. The van der Waals surface area contributed by atoms with Gasteiger partial charge in [-0.3, -0.25) is 19.6 Å². The number of piperazine rings is 1. The van der Waals surface area contributed by atoms with E-state index in [9.17, 15) is 9.59 Å². The number of hydrogen-bond acceptors (Lipinski definition) is 10. The summed E-state index contributed by atoms with van der Waals surface area (Å²) in [5, 5.41) is 0. The van der Waals surface area contributed by atoms with Gasteiger partial charge in [-0.25, -0.2) is 9.59 Å². The zero-order valence-corrected chi connectivity index (χ0v) is 31.8. The molecule has 1 aliphatic heterocycles. The van der Waals surface area contributed by atoms with Crippen LogP contribution in [0.2, 0.25) is 0 Å². The Bertz CT molecular complexity index is 1550. The summed E-state index contributed by atoms with van der Waals surface area (Å²) in [5.41, 5.74) is 3.77. The molecule has 288 valence electrons. The number of carbonyl (C=O) groups excluding carboxylic acids is 2. The average Bonchev–Trinajstić information content (AvgIpc) is 3.21. The lowest BCUT2D eigenvalue weighted by molar-refractivity contribution is 0.0586. The lowest BCUT2D eigenvalue weighted by Gasteiger charge is -2.34. The van der Waals surface area contributed by atoms with Crippen LogP contribution in [0.4, 0.5) is 9.59 Å². The molecule has 1 fully saturated rings. The van der Waals surface area contributed by atoms with Crippen LogP contribution in [0.15, 0.2) is 97.1 Å². The average molecular weight is 741 g/mol. The molecule has 1 saturated heterocycles. The van der Waals surface area contributed by atoms with Gasteiger partial charge in [0, 0.05) is 65.4 Å². The third kappa shape index (κ3) is 12.3. The standard InChI is InChI=1S/C42H52N4O8/c1-49-37-13-5-9-33(25-37)29-45(30-34-10-6-14-38(26-34)50-2)41(47)53-23-21-43-17-19-44(20-18-43)22-24-54-42(48)46(31-35-11-7-15-39(27-35)51-3)32-36-12-8-16-40(28-36)52-4/h5-16,25-28H,17-24,29-32H2,1-4H3. The van der Waals surface area contributed by atoms with Crippen molar-refractivity contribution in [2.75, 3.05) is 80.9 Å². The van der Waals surface area contributed by atoms with Gasteiger partial charge >= 0.3 is 12.2 Å². The number of hydrogen-bond donors (Lipinski definition) is 0. The predicted molar refractivity (Wildman–Crippen MR) is 206 cm³/mol. The Balaban J connectivity index is 1.07. The van der Waals surface area contributed by atoms with Gasteiger partial charge in [0.25, 0.3) is 0 Å². The van der Waals surface area contributed by atoms with Crippen LogP contribution >= 0.6 is 0 Å². The van der Waals surface area contributed by atoms with Crippen LogP contribution in [0.1, 0.15) is 22.3 Å². The van der Waals surface area contributed by atoms with E-state index in [2.05, 4.69) is 9.80 Å². The normalized spacial score (nSPS) is 13.1. The zero-order valence-electron chi connectivity index (χ0n) is 31.8. The number of ether oxygens (including phenoxy) is 6. The van der Waals surface area contributed by atoms with Gasteiger partial charge in [-0.2, -0.15) is 0 Å². The first-order valence-corrected chi connectivity index (χ1v) is 18.2. The lowest BCUT2D eigenvalue weighted by atomic mass is 10.1. The van der Waals surface area contributed by atoms with Crippen molar-refractivity contribution >= 4 is 12.2 Å². The van der Waals surface area contributed by atoms with Gasteiger partial charge in [-0.1, -0.05) is 48.5 Å². The first-order valence-electron chi connectivity index (χ1n) is 18.2. The molecule has 0 aliphatic carbocycles. The molecule has 2 amide bonds. The third-order valence-corrected chi connectivity index (χ3v) is 9.28. The SMILES string of the molecule is COc1cccc(CN(Cc2cccc(OC)c2)C(=O)OCCN2CCN(CCOC(=O)N(Cc3cccc(OC)c3)Cc3cccc(OC)c3)CC2)c1. The van der Waals surface area contributed by atoms with E-state index in [1.807, 2.05) is 97.1 Å². The number of methoxy groups -OCH3 is 4. The number of benzene rings is 4. The molecule has 0 atom stereocenters. The number of carbonyl (C=O) groups is 2. The molecule has 0 N–H and O–H groups in total. The van der Waals surface area contributed by atoms with Gasteiger partial charge in [0.15, 0.2) is 0 Å². The first kappa shape index (κ1) is 39.7. The fourth-order valence-corrected chi connectivity index (χ4v) is 6.28. The molecule has 1 aliphatic rings. The molecule has 4 aromatic carbocycles. The maximum absolute atomic E-state index is 13.4. The van der Waals surface area contributed by atoms with Gasteiger partial charge in [-0.05, 0) is 70.8 Å². The largest absolute Gasteiger partial charge is 0.497 e. The number of rotatable bonds is 18. The van der Waals surface area contributed by atoms with E-state index >= 15 is 0 Å². The van der Waals surface area contributed by atoms with Crippen molar-refractivity contribution in [3.05, 3.63) is 119 Å². The molecule has 1 heterocycles. The molecular weight excluding hydrogens is 688 g/mol. The minimum atomic E-state index is -0.382. The van der Waals surface area contributed by atoms with Crippen molar-refractivity contribution in [3.8, 4) is 23.0 Å². The number of nitrogens with zero attached hydrogens (tertiary/aromatic N) is 4. The van der Waals surface area contributed by atoms with E-state index in [1.165, 1.54) is 0 Å². The fourth-order valence-electron chi connectivity index (χ4n) is 6.28.